The molecule has 118 valence electrons. The Balaban J connectivity index is 1.59. The van der Waals surface area contributed by atoms with Gasteiger partial charge < -0.3 is 20.1 Å². The van der Waals surface area contributed by atoms with E-state index in [2.05, 4.69) is 17.3 Å². The molecule has 1 unspecified atom stereocenters. The number of nitrogens with one attached hydrogen (secondary N) is 1. The molecule has 1 aromatic carbocycles. The van der Waals surface area contributed by atoms with Gasteiger partial charge in [0, 0.05) is 30.7 Å². The number of halogens is 2. The quantitative estimate of drug-likeness (QED) is 0.682. The van der Waals surface area contributed by atoms with E-state index >= 15 is 0 Å². The molecule has 4 nitrogen and oxygen atoms in total. The molecule has 0 saturated heterocycles. The summed E-state index contributed by atoms with van der Waals surface area (Å²) < 4.78 is 5.49. The Labute approximate surface area is 136 Å². The smallest absolute Gasteiger partial charge is 0.138 e. The van der Waals surface area contributed by atoms with Crippen LogP contribution in [0.2, 0.25) is 10.0 Å². The molecule has 21 heavy (non-hydrogen) atoms. The minimum absolute atomic E-state index is 0.201. The summed E-state index contributed by atoms with van der Waals surface area (Å²) in [5.41, 5.74) is 0. The van der Waals surface area contributed by atoms with Gasteiger partial charge in [-0.2, -0.15) is 0 Å². The van der Waals surface area contributed by atoms with Crippen molar-refractivity contribution in [3.8, 4) is 5.75 Å². The molecule has 2 N–H and O–H groups in total. The van der Waals surface area contributed by atoms with Crippen LogP contribution in [0.1, 0.15) is 12.8 Å². The maximum absolute atomic E-state index is 9.87. The van der Waals surface area contributed by atoms with Crippen LogP contribution >= 0.6 is 23.2 Å². The molecule has 0 radical (unpaired) electrons. The first-order chi connectivity index (χ1) is 10.1. The Kier molecular flexibility index (Phi) is 6.58. The van der Waals surface area contributed by atoms with E-state index in [1.165, 1.54) is 12.8 Å². The Morgan fingerprint density at radius 3 is 2.86 bits per heavy atom. The third-order valence-electron chi connectivity index (χ3n) is 3.52. The van der Waals surface area contributed by atoms with Crippen molar-refractivity contribution < 1.29 is 9.84 Å². The van der Waals surface area contributed by atoms with Crippen molar-refractivity contribution in [2.45, 2.75) is 25.0 Å². The Morgan fingerprint density at radius 2 is 2.19 bits per heavy atom. The van der Waals surface area contributed by atoms with E-state index in [0.29, 0.717) is 22.3 Å². The van der Waals surface area contributed by atoms with E-state index < -0.39 is 6.10 Å². The summed E-state index contributed by atoms with van der Waals surface area (Å²) in [4.78, 5) is 2.35. The van der Waals surface area contributed by atoms with Crippen LogP contribution in [0.4, 0.5) is 0 Å². The van der Waals surface area contributed by atoms with Gasteiger partial charge in [0.05, 0.1) is 5.02 Å². The molecule has 1 aliphatic carbocycles. The minimum Gasteiger partial charge on any atom is -0.489 e. The van der Waals surface area contributed by atoms with Gasteiger partial charge in [-0.3, -0.25) is 0 Å². The highest BCUT2D eigenvalue weighted by molar-refractivity contribution is 6.35. The Bertz CT molecular complexity index is 455. The lowest BCUT2D eigenvalue weighted by Crippen LogP contribution is -2.36. The summed E-state index contributed by atoms with van der Waals surface area (Å²) in [6, 6.07) is 5.81. The van der Waals surface area contributed by atoms with Crippen molar-refractivity contribution in [1.82, 2.24) is 10.2 Å². The normalized spacial score (nSPS) is 16.2. The van der Waals surface area contributed by atoms with Crippen LogP contribution in [0.15, 0.2) is 18.2 Å². The Hall–Kier alpha value is -0.520. The predicted octanol–water partition coefficient (Wildman–Crippen LogP) is 2.42. The summed E-state index contributed by atoms with van der Waals surface area (Å²) >= 11 is 11.8. The molecule has 1 aromatic rings. The van der Waals surface area contributed by atoms with Gasteiger partial charge >= 0.3 is 0 Å². The van der Waals surface area contributed by atoms with Crippen LogP contribution in [-0.4, -0.2) is 55.4 Å². The van der Waals surface area contributed by atoms with Crippen molar-refractivity contribution in [1.29, 1.82) is 0 Å². The molecule has 0 aromatic heterocycles. The van der Waals surface area contributed by atoms with Gasteiger partial charge in [-0.05, 0) is 38.1 Å². The van der Waals surface area contributed by atoms with Crippen molar-refractivity contribution in [3.05, 3.63) is 28.2 Å². The maximum Gasteiger partial charge on any atom is 0.138 e. The SMILES string of the molecule is CN(CCNCC(O)COc1ccc(Cl)cc1Cl)C1CC1. The molecule has 6 heteroatoms. The standard InChI is InChI=1S/C15H22Cl2N2O2/c1-19(12-3-4-12)7-6-18-9-13(20)10-21-15-5-2-11(16)8-14(15)17/h2,5,8,12-13,18,20H,3-4,6-7,9-10H2,1H3. The highest BCUT2D eigenvalue weighted by atomic mass is 35.5. The van der Waals surface area contributed by atoms with E-state index in [-0.39, 0.29) is 6.61 Å². The van der Waals surface area contributed by atoms with Crippen molar-refractivity contribution in [2.24, 2.45) is 0 Å². The number of nitrogens with zero attached hydrogens (tertiary/aromatic N) is 1. The van der Waals surface area contributed by atoms with Crippen LogP contribution < -0.4 is 10.1 Å². The molecular weight excluding hydrogens is 311 g/mol. The van der Waals surface area contributed by atoms with Gasteiger partial charge in [0.2, 0.25) is 0 Å². The molecule has 1 fully saturated rings. The first kappa shape index (κ1) is 16.8. The minimum atomic E-state index is -0.567. The van der Waals surface area contributed by atoms with E-state index in [4.69, 9.17) is 27.9 Å². The molecule has 1 atom stereocenters. The van der Waals surface area contributed by atoms with Gasteiger partial charge in [0.25, 0.3) is 0 Å². The summed E-state index contributed by atoms with van der Waals surface area (Å²) in [5, 5.41) is 14.1. The van der Waals surface area contributed by atoms with Gasteiger partial charge in [-0.1, -0.05) is 23.2 Å². The third-order valence-corrected chi connectivity index (χ3v) is 4.05. The zero-order chi connectivity index (χ0) is 15.2. The zero-order valence-electron chi connectivity index (χ0n) is 12.2. The number of benzene rings is 1. The van der Waals surface area contributed by atoms with E-state index in [0.717, 1.165) is 19.1 Å². The third kappa shape index (κ3) is 6.01. The van der Waals surface area contributed by atoms with Crippen molar-refractivity contribution >= 4 is 23.2 Å². The van der Waals surface area contributed by atoms with E-state index in [9.17, 15) is 5.11 Å². The highest BCUT2D eigenvalue weighted by Crippen LogP contribution is 2.27. The molecule has 0 heterocycles. The summed E-state index contributed by atoms with van der Waals surface area (Å²) in [7, 11) is 2.14. The molecule has 0 aliphatic heterocycles. The van der Waals surface area contributed by atoms with Crippen LogP contribution in [-0.2, 0) is 0 Å². The topological polar surface area (TPSA) is 44.7 Å². The number of aliphatic hydroxyl groups is 1. The molecule has 0 bridgehead atoms. The lowest BCUT2D eigenvalue weighted by atomic mass is 10.3. The second-order valence-electron chi connectivity index (χ2n) is 5.46. The lowest BCUT2D eigenvalue weighted by molar-refractivity contribution is 0.106. The lowest BCUT2D eigenvalue weighted by Gasteiger charge is -2.17. The fourth-order valence-corrected chi connectivity index (χ4v) is 2.52. The Morgan fingerprint density at radius 1 is 1.43 bits per heavy atom. The summed E-state index contributed by atoms with van der Waals surface area (Å²) in [5.74, 6) is 0.536. The van der Waals surface area contributed by atoms with Gasteiger partial charge in [0.15, 0.2) is 0 Å². The van der Waals surface area contributed by atoms with E-state index in [1.54, 1.807) is 18.2 Å². The van der Waals surface area contributed by atoms with Crippen molar-refractivity contribution in [3.63, 3.8) is 0 Å². The predicted molar refractivity (Wildman–Crippen MR) is 86.5 cm³/mol. The second kappa shape index (κ2) is 8.20. The highest BCUT2D eigenvalue weighted by Gasteiger charge is 2.25. The number of hydrogen-bond donors (Lipinski definition) is 2. The molecular formula is C15H22Cl2N2O2. The van der Waals surface area contributed by atoms with Gasteiger partial charge in [-0.25, -0.2) is 0 Å². The molecule has 2 rings (SSSR count). The van der Waals surface area contributed by atoms with Crippen LogP contribution in [0.25, 0.3) is 0 Å². The summed E-state index contributed by atoms with van der Waals surface area (Å²) in [6.45, 7) is 2.57. The molecule has 1 saturated carbocycles. The van der Waals surface area contributed by atoms with Crippen LogP contribution in [0.3, 0.4) is 0 Å². The van der Waals surface area contributed by atoms with E-state index in [1.807, 2.05) is 0 Å². The summed E-state index contributed by atoms with van der Waals surface area (Å²) in [6.07, 6.45) is 2.06. The second-order valence-corrected chi connectivity index (χ2v) is 6.30. The van der Waals surface area contributed by atoms with Gasteiger partial charge in [-0.15, -0.1) is 0 Å². The van der Waals surface area contributed by atoms with Crippen molar-refractivity contribution in [2.75, 3.05) is 33.3 Å². The monoisotopic (exact) mass is 332 g/mol. The number of rotatable bonds is 9. The van der Waals surface area contributed by atoms with Crippen LogP contribution in [0, 0.1) is 0 Å². The van der Waals surface area contributed by atoms with Crippen LogP contribution in [0.5, 0.6) is 5.75 Å². The zero-order valence-corrected chi connectivity index (χ0v) is 13.7. The fraction of sp³-hybridized carbons (Fsp3) is 0.600. The largest absolute Gasteiger partial charge is 0.489 e. The average Bonchev–Trinajstić information content (AvgIpc) is 3.27. The first-order valence-corrected chi connectivity index (χ1v) is 7.98. The molecule has 1 aliphatic rings. The average molecular weight is 333 g/mol. The first-order valence-electron chi connectivity index (χ1n) is 7.23. The number of aliphatic hydroxyl groups excluding tert-OH is 1. The maximum atomic E-state index is 9.87. The van der Waals surface area contributed by atoms with Gasteiger partial charge in [0.1, 0.15) is 18.5 Å². The number of hydrogen-bond acceptors (Lipinski definition) is 4. The molecule has 0 spiro atoms. The number of likely N-dealkylation sites (N-methyl/N-ethyl adjacent to an activating group) is 1. The molecule has 0 amide bonds. The number of ether oxygens (including phenoxy) is 1. The fourth-order valence-electron chi connectivity index (χ4n) is 2.06.